The van der Waals surface area contributed by atoms with Crippen LogP contribution in [0.15, 0.2) is 77.1 Å². The molecule has 0 saturated heterocycles. The second-order valence-corrected chi connectivity index (χ2v) is 11.9. The lowest BCUT2D eigenvalue weighted by molar-refractivity contribution is -0.133. The Balaban J connectivity index is 1.68. The van der Waals surface area contributed by atoms with Gasteiger partial charge in [-0.2, -0.15) is 4.31 Å². The summed E-state index contributed by atoms with van der Waals surface area (Å²) in [4.78, 5) is 20.8. The van der Waals surface area contributed by atoms with Crippen LogP contribution in [-0.2, 0) is 27.9 Å². The van der Waals surface area contributed by atoms with Crippen LogP contribution in [-0.4, -0.2) is 41.1 Å². The van der Waals surface area contributed by atoms with Gasteiger partial charge in [-0.1, -0.05) is 37.3 Å². The minimum atomic E-state index is -4.04. The number of hydrogen-bond acceptors (Lipinski definition) is 5. The second-order valence-electron chi connectivity index (χ2n) is 9.04. The van der Waals surface area contributed by atoms with Gasteiger partial charge in [0.15, 0.2) is 0 Å². The molecule has 194 valence electrons. The Morgan fingerprint density at radius 3 is 2.46 bits per heavy atom. The number of pyridine rings is 1. The lowest BCUT2D eigenvalue weighted by atomic mass is 10.2. The Kier molecular flexibility index (Phi) is 8.36. The zero-order valence-corrected chi connectivity index (χ0v) is 22.7. The Hall–Kier alpha value is -3.14. The maximum Gasteiger partial charge on any atom is 0.245 e. The van der Waals surface area contributed by atoms with E-state index in [1.54, 1.807) is 53.6 Å². The summed E-state index contributed by atoms with van der Waals surface area (Å²) in [5.41, 5.74) is 2.21. The molecule has 6 nitrogen and oxygen atoms in total. The molecule has 0 bridgehead atoms. The van der Waals surface area contributed by atoms with Gasteiger partial charge in [-0.15, -0.1) is 11.3 Å². The molecule has 0 fully saturated rings. The number of para-hydroxylation sites is 1. The maximum absolute atomic E-state index is 13.9. The van der Waals surface area contributed by atoms with E-state index in [1.165, 1.54) is 22.5 Å². The highest BCUT2D eigenvalue weighted by atomic mass is 32.2. The molecule has 2 aromatic carbocycles. The van der Waals surface area contributed by atoms with Crippen LogP contribution >= 0.6 is 11.3 Å². The molecule has 0 aliphatic rings. The predicted octanol–water partition coefficient (Wildman–Crippen LogP) is 5.76. The summed E-state index contributed by atoms with van der Waals surface area (Å²) in [6, 6.07) is 16.2. The Morgan fingerprint density at radius 1 is 1.05 bits per heavy atom. The molecule has 4 aromatic rings. The van der Waals surface area contributed by atoms with Crippen LogP contribution in [0.5, 0.6) is 0 Å². The minimum absolute atomic E-state index is 0.0814. The van der Waals surface area contributed by atoms with E-state index in [9.17, 15) is 17.6 Å². The van der Waals surface area contributed by atoms with E-state index in [0.29, 0.717) is 23.9 Å². The molecule has 0 N–H and O–H groups in total. The average molecular weight is 540 g/mol. The highest BCUT2D eigenvalue weighted by Crippen LogP contribution is 2.27. The molecule has 9 heteroatoms. The molecule has 2 heterocycles. The van der Waals surface area contributed by atoms with E-state index >= 15 is 0 Å². The number of carbonyl (C=O) groups excluding carboxylic acids is 1. The van der Waals surface area contributed by atoms with Crippen molar-refractivity contribution in [2.45, 2.75) is 51.2 Å². The number of halogens is 1. The molecule has 0 radical (unpaired) electrons. The van der Waals surface area contributed by atoms with Crippen LogP contribution < -0.4 is 0 Å². The molecular formula is C28H30FN3O3S2. The number of hydrogen-bond donors (Lipinski definition) is 0. The summed E-state index contributed by atoms with van der Waals surface area (Å²) in [6.45, 7) is 5.94. The van der Waals surface area contributed by atoms with E-state index in [-0.39, 0.29) is 29.7 Å². The van der Waals surface area contributed by atoms with Crippen LogP contribution in [0.2, 0.25) is 0 Å². The molecular weight excluding hydrogens is 509 g/mol. The van der Waals surface area contributed by atoms with Crippen LogP contribution in [0.3, 0.4) is 0 Å². The molecule has 2 aromatic heterocycles. The Labute approximate surface area is 221 Å². The molecule has 0 spiro atoms. The summed E-state index contributed by atoms with van der Waals surface area (Å²) >= 11 is 1.55. The van der Waals surface area contributed by atoms with Gasteiger partial charge in [0.25, 0.3) is 0 Å². The first-order chi connectivity index (χ1) is 17.7. The maximum atomic E-state index is 13.9. The van der Waals surface area contributed by atoms with Gasteiger partial charge in [0, 0.05) is 29.0 Å². The van der Waals surface area contributed by atoms with Crippen molar-refractivity contribution < 1.29 is 17.6 Å². The third-order valence-electron chi connectivity index (χ3n) is 6.50. The van der Waals surface area contributed by atoms with Crippen molar-refractivity contribution in [2.24, 2.45) is 0 Å². The van der Waals surface area contributed by atoms with Crippen molar-refractivity contribution in [3.63, 3.8) is 0 Å². The summed E-state index contributed by atoms with van der Waals surface area (Å²) < 4.78 is 42.7. The van der Waals surface area contributed by atoms with Crippen LogP contribution in [0, 0.1) is 12.7 Å². The Morgan fingerprint density at radius 2 is 1.78 bits per heavy atom. The number of fused-ring (bicyclic) bond motifs is 1. The summed E-state index contributed by atoms with van der Waals surface area (Å²) in [6.07, 6.45) is 2.10. The minimum Gasteiger partial charge on any atom is -0.332 e. The number of benzene rings is 2. The van der Waals surface area contributed by atoms with Gasteiger partial charge >= 0.3 is 0 Å². The predicted molar refractivity (Wildman–Crippen MR) is 145 cm³/mol. The molecule has 0 saturated carbocycles. The fraction of sp³-hybridized carbons (Fsp3) is 0.286. The van der Waals surface area contributed by atoms with Gasteiger partial charge in [-0.05, 0) is 67.1 Å². The van der Waals surface area contributed by atoms with Crippen molar-refractivity contribution in [3.05, 3.63) is 94.1 Å². The van der Waals surface area contributed by atoms with Crippen LogP contribution in [0.1, 0.15) is 36.3 Å². The first kappa shape index (κ1) is 26.9. The number of nitrogens with zero attached hydrogens (tertiary/aromatic N) is 3. The van der Waals surface area contributed by atoms with Gasteiger partial charge in [-0.25, -0.2) is 12.8 Å². The van der Waals surface area contributed by atoms with Crippen molar-refractivity contribution in [3.8, 4) is 0 Å². The Bertz CT molecular complexity index is 1480. The first-order valence-corrected chi connectivity index (χ1v) is 14.4. The van der Waals surface area contributed by atoms with Crippen molar-refractivity contribution in [1.29, 1.82) is 0 Å². The van der Waals surface area contributed by atoms with Gasteiger partial charge < -0.3 is 4.90 Å². The van der Waals surface area contributed by atoms with E-state index in [1.807, 2.05) is 37.4 Å². The first-order valence-electron chi connectivity index (χ1n) is 12.1. The van der Waals surface area contributed by atoms with E-state index in [2.05, 4.69) is 4.98 Å². The average Bonchev–Trinajstić information content (AvgIpc) is 3.31. The number of aromatic nitrogens is 1. The number of aryl methyl sites for hydroxylation is 1. The van der Waals surface area contributed by atoms with Gasteiger partial charge in [0.05, 0.1) is 18.6 Å². The second kappa shape index (κ2) is 11.5. The fourth-order valence-corrected chi connectivity index (χ4v) is 6.85. The quantitative estimate of drug-likeness (QED) is 0.257. The third-order valence-corrected chi connectivity index (χ3v) is 9.50. The normalized spacial score (nSPS) is 12.7. The van der Waals surface area contributed by atoms with Crippen LogP contribution in [0.25, 0.3) is 10.9 Å². The molecule has 0 aliphatic heterocycles. The molecule has 37 heavy (non-hydrogen) atoms. The number of rotatable bonds is 10. The summed E-state index contributed by atoms with van der Waals surface area (Å²) in [5, 5.41) is 2.68. The smallest absolute Gasteiger partial charge is 0.245 e. The number of thiophene rings is 1. The molecule has 1 atom stereocenters. The zero-order valence-electron chi connectivity index (χ0n) is 21.1. The standard InChI is InChI=1S/C28H30FN3O3S2/c1-4-21(3)32(37(34,35)26-9-5-7-23-8-6-15-30-28(23)26)19-27(33)31(18-25-20(2)14-16-36-25)17-22-10-12-24(29)13-11-22/h5-16,21H,4,17-19H2,1-3H3/t21-/m0/s1. The highest BCUT2D eigenvalue weighted by Gasteiger charge is 2.33. The molecule has 4 rings (SSSR count). The van der Waals surface area contributed by atoms with Crippen LogP contribution in [0.4, 0.5) is 4.39 Å². The number of sulfonamides is 1. The summed E-state index contributed by atoms with van der Waals surface area (Å²) in [5.74, 6) is -0.678. The van der Waals surface area contributed by atoms with Crippen molar-refractivity contribution in [1.82, 2.24) is 14.2 Å². The lowest BCUT2D eigenvalue weighted by Gasteiger charge is -2.30. The summed E-state index contributed by atoms with van der Waals surface area (Å²) in [7, 11) is -4.04. The van der Waals surface area contributed by atoms with Crippen molar-refractivity contribution in [2.75, 3.05) is 6.54 Å². The fourth-order valence-electron chi connectivity index (χ4n) is 4.11. The van der Waals surface area contributed by atoms with Gasteiger partial charge in [0.2, 0.25) is 15.9 Å². The number of carbonyl (C=O) groups is 1. The number of amides is 1. The van der Waals surface area contributed by atoms with E-state index < -0.39 is 16.1 Å². The van der Waals surface area contributed by atoms with E-state index in [0.717, 1.165) is 16.0 Å². The lowest BCUT2D eigenvalue weighted by Crippen LogP contribution is -2.46. The third kappa shape index (κ3) is 6.06. The monoisotopic (exact) mass is 539 g/mol. The largest absolute Gasteiger partial charge is 0.332 e. The molecule has 1 amide bonds. The zero-order chi connectivity index (χ0) is 26.6. The van der Waals surface area contributed by atoms with Gasteiger partial charge in [-0.3, -0.25) is 9.78 Å². The highest BCUT2D eigenvalue weighted by molar-refractivity contribution is 7.89. The topological polar surface area (TPSA) is 70.6 Å². The molecule has 0 aliphatic carbocycles. The van der Waals surface area contributed by atoms with E-state index in [4.69, 9.17) is 0 Å². The molecule has 0 unspecified atom stereocenters. The SMILES string of the molecule is CC[C@H](C)N(CC(=O)N(Cc1ccc(F)cc1)Cc1sccc1C)S(=O)(=O)c1cccc2cccnc12. The van der Waals surface area contributed by atoms with Crippen molar-refractivity contribution >= 4 is 38.2 Å². The van der Waals surface area contributed by atoms with Gasteiger partial charge in [0.1, 0.15) is 10.7 Å².